The Labute approximate surface area is 251 Å². The molecule has 0 saturated carbocycles. The molecule has 0 N–H and O–H groups in total. The normalized spacial score (nSPS) is 15.1. The maximum Gasteiger partial charge on any atom is 0.573 e. The summed E-state index contributed by atoms with van der Waals surface area (Å²) in [7, 11) is -3.67. The van der Waals surface area contributed by atoms with Crippen molar-refractivity contribution < 1.29 is 35.9 Å². The van der Waals surface area contributed by atoms with Gasteiger partial charge in [0.25, 0.3) is 5.56 Å². The van der Waals surface area contributed by atoms with Gasteiger partial charge < -0.3 is 14.4 Å². The SMILES string of the molecule is CCS(=O)(=O)c1ccc(Cl)cc1Cn1cnc2c(CN3CCN(C(=O)OC(C)(C)C)CC3)cc(OC(F)(F)F)cc2c1=O. The predicted molar refractivity (Wildman–Crippen MR) is 154 cm³/mol. The van der Waals surface area contributed by atoms with Gasteiger partial charge in [0.15, 0.2) is 9.84 Å². The quantitative estimate of drug-likeness (QED) is 0.359. The lowest BCUT2D eigenvalue weighted by molar-refractivity contribution is -0.274. The lowest BCUT2D eigenvalue weighted by atomic mass is 10.1. The Morgan fingerprint density at radius 1 is 1.02 bits per heavy atom. The van der Waals surface area contributed by atoms with Crippen LogP contribution in [-0.2, 0) is 27.7 Å². The van der Waals surface area contributed by atoms with Gasteiger partial charge in [0.2, 0.25) is 0 Å². The largest absolute Gasteiger partial charge is 0.573 e. The highest BCUT2D eigenvalue weighted by Crippen LogP contribution is 2.29. The molecule has 43 heavy (non-hydrogen) atoms. The van der Waals surface area contributed by atoms with Crippen LogP contribution in [0.5, 0.6) is 5.75 Å². The standard InChI is InChI=1S/C28H32ClF3N4O6S/c1-5-43(39,40)23-7-6-20(29)12-18(23)16-36-17-33-24-19(13-21(41-28(30,31)32)14-22(24)25(36)37)15-34-8-10-35(11-9-34)26(38)42-27(2,3)4/h6-7,12-14,17H,5,8-11,15-16H2,1-4H3. The number of carbonyl (C=O) groups is 1. The zero-order valence-electron chi connectivity index (χ0n) is 24.1. The first-order valence-electron chi connectivity index (χ1n) is 13.4. The molecule has 4 rings (SSSR count). The average molecular weight is 645 g/mol. The third kappa shape index (κ3) is 8.18. The summed E-state index contributed by atoms with van der Waals surface area (Å²) in [6.45, 7) is 8.19. The van der Waals surface area contributed by atoms with Crippen LogP contribution in [0.2, 0.25) is 5.02 Å². The highest BCUT2D eigenvalue weighted by atomic mass is 35.5. The van der Waals surface area contributed by atoms with E-state index in [-0.39, 0.29) is 45.2 Å². The van der Waals surface area contributed by atoms with Crippen LogP contribution in [0.4, 0.5) is 18.0 Å². The Hall–Kier alpha value is -3.36. The summed E-state index contributed by atoms with van der Waals surface area (Å²) in [4.78, 5) is 33.9. The van der Waals surface area contributed by atoms with E-state index >= 15 is 0 Å². The van der Waals surface area contributed by atoms with Crippen molar-refractivity contribution in [1.29, 1.82) is 0 Å². The third-order valence-corrected chi connectivity index (χ3v) is 8.77. The summed E-state index contributed by atoms with van der Waals surface area (Å²) in [5, 5.41) is 0.121. The Kier molecular flexibility index (Phi) is 9.33. The molecule has 1 saturated heterocycles. The van der Waals surface area contributed by atoms with E-state index in [1.807, 2.05) is 4.90 Å². The van der Waals surface area contributed by atoms with Crippen molar-refractivity contribution in [3.63, 3.8) is 0 Å². The monoisotopic (exact) mass is 644 g/mol. The molecule has 0 unspecified atom stereocenters. The van der Waals surface area contributed by atoms with Crippen LogP contribution >= 0.6 is 11.6 Å². The number of halogens is 4. The number of ether oxygens (including phenoxy) is 2. The Balaban J connectivity index is 1.67. The van der Waals surface area contributed by atoms with Gasteiger partial charge in [-0.1, -0.05) is 18.5 Å². The van der Waals surface area contributed by atoms with Crippen molar-refractivity contribution in [2.75, 3.05) is 31.9 Å². The van der Waals surface area contributed by atoms with Crippen molar-refractivity contribution in [3.05, 3.63) is 63.2 Å². The second kappa shape index (κ2) is 12.3. The molecule has 0 spiro atoms. The van der Waals surface area contributed by atoms with Crippen molar-refractivity contribution in [3.8, 4) is 5.75 Å². The summed E-state index contributed by atoms with van der Waals surface area (Å²) >= 11 is 6.11. The van der Waals surface area contributed by atoms with Crippen molar-refractivity contribution >= 4 is 38.4 Å². The molecule has 15 heteroatoms. The molecule has 1 fully saturated rings. The molecule has 2 heterocycles. The average Bonchev–Trinajstić information content (AvgIpc) is 2.89. The second-order valence-electron chi connectivity index (χ2n) is 11.1. The van der Waals surface area contributed by atoms with Crippen LogP contribution in [0, 0.1) is 0 Å². The van der Waals surface area contributed by atoms with Gasteiger partial charge in [-0.2, -0.15) is 0 Å². The van der Waals surface area contributed by atoms with Crippen LogP contribution in [0.1, 0.15) is 38.8 Å². The topological polar surface area (TPSA) is 111 Å². The van der Waals surface area contributed by atoms with E-state index < -0.39 is 39.2 Å². The summed E-state index contributed by atoms with van der Waals surface area (Å²) in [5.41, 5.74) is -0.596. The number of nitrogens with zero attached hydrogens (tertiary/aromatic N) is 4. The molecule has 234 valence electrons. The highest BCUT2D eigenvalue weighted by Gasteiger charge is 2.32. The zero-order chi connectivity index (χ0) is 31.7. The highest BCUT2D eigenvalue weighted by molar-refractivity contribution is 7.91. The molecule has 1 aliphatic heterocycles. The number of alkyl halides is 3. The van der Waals surface area contributed by atoms with Crippen molar-refractivity contribution in [2.24, 2.45) is 0 Å². The number of aromatic nitrogens is 2. The number of fused-ring (bicyclic) bond motifs is 1. The smallest absolute Gasteiger partial charge is 0.444 e. The van der Waals surface area contributed by atoms with Gasteiger partial charge in [-0.05, 0) is 62.2 Å². The Bertz CT molecular complexity index is 1680. The summed E-state index contributed by atoms with van der Waals surface area (Å²) in [6.07, 6.45) is -4.23. The van der Waals surface area contributed by atoms with Gasteiger partial charge in [0.1, 0.15) is 11.4 Å². The van der Waals surface area contributed by atoms with Gasteiger partial charge in [-0.25, -0.2) is 18.2 Å². The molecule has 0 bridgehead atoms. The Morgan fingerprint density at radius 2 is 1.70 bits per heavy atom. The minimum atomic E-state index is -5.00. The molecule has 0 atom stereocenters. The van der Waals surface area contributed by atoms with Gasteiger partial charge in [-0.15, -0.1) is 13.2 Å². The van der Waals surface area contributed by atoms with Crippen LogP contribution in [0.3, 0.4) is 0 Å². The zero-order valence-corrected chi connectivity index (χ0v) is 25.6. The fraction of sp³-hybridized carbons (Fsp3) is 0.464. The fourth-order valence-electron chi connectivity index (χ4n) is 4.71. The van der Waals surface area contributed by atoms with Crippen molar-refractivity contribution in [1.82, 2.24) is 19.4 Å². The van der Waals surface area contributed by atoms with E-state index in [4.69, 9.17) is 16.3 Å². The number of hydrogen-bond donors (Lipinski definition) is 0. The molecule has 10 nitrogen and oxygen atoms in total. The maximum atomic E-state index is 13.6. The van der Waals surface area contributed by atoms with E-state index in [1.165, 1.54) is 37.5 Å². The minimum Gasteiger partial charge on any atom is -0.444 e. The number of hydrogen-bond acceptors (Lipinski definition) is 8. The van der Waals surface area contributed by atoms with Gasteiger partial charge in [0.05, 0.1) is 34.4 Å². The summed E-state index contributed by atoms with van der Waals surface area (Å²) < 4.78 is 75.6. The molecule has 0 aliphatic carbocycles. The van der Waals surface area contributed by atoms with E-state index in [0.717, 1.165) is 10.6 Å². The van der Waals surface area contributed by atoms with Gasteiger partial charge >= 0.3 is 12.5 Å². The molecule has 1 aromatic heterocycles. The molecule has 1 amide bonds. The first kappa shape index (κ1) is 32.6. The number of carbonyl (C=O) groups excluding carboxylic acids is 1. The first-order valence-corrected chi connectivity index (χ1v) is 15.5. The Morgan fingerprint density at radius 3 is 2.30 bits per heavy atom. The van der Waals surface area contributed by atoms with Crippen LogP contribution in [0.25, 0.3) is 10.9 Å². The fourth-order valence-corrected chi connectivity index (χ4v) is 6.02. The summed E-state index contributed by atoms with van der Waals surface area (Å²) in [6, 6.07) is 6.36. The lowest BCUT2D eigenvalue weighted by Gasteiger charge is -2.35. The molecular formula is C28H32ClF3N4O6S. The van der Waals surface area contributed by atoms with Gasteiger partial charge in [0, 0.05) is 37.7 Å². The van der Waals surface area contributed by atoms with Crippen LogP contribution < -0.4 is 10.3 Å². The first-order chi connectivity index (χ1) is 20.0. The second-order valence-corrected chi connectivity index (χ2v) is 13.8. The number of sulfone groups is 1. The number of benzene rings is 2. The number of rotatable bonds is 7. The minimum absolute atomic E-state index is 0.00762. The van der Waals surface area contributed by atoms with Crippen LogP contribution in [-0.4, -0.2) is 77.8 Å². The van der Waals surface area contributed by atoms with E-state index in [1.54, 1.807) is 25.7 Å². The molecular weight excluding hydrogens is 613 g/mol. The number of piperazine rings is 1. The van der Waals surface area contributed by atoms with E-state index in [2.05, 4.69) is 9.72 Å². The maximum absolute atomic E-state index is 13.6. The van der Waals surface area contributed by atoms with E-state index in [9.17, 15) is 31.2 Å². The molecule has 3 aromatic rings. The molecule has 1 aliphatic rings. The predicted octanol–water partition coefficient (Wildman–Crippen LogP) is 4.84. The van der Waals surface area contributed by atoms with Crippen LogP contribution in [0.15, 0.2) is 46.3 Å². The van der Waals surface area contributed by atoms with Crippen molar-refractivity contribution in [2.45, 2.75) is 57.6 Å². The van der Waals surface area contributed by atoms with E-state index in [0.29, 0.717) is 31.7 Å². The van der Waals surface area contributed by atoms with Gasteiger partial charge in [-0.3, -0.25) is 14.3 Å². The molecule has 0 radical (unpaired) electrons. The lowest BCUT2D eigenvalue weighted by Crippen LogP contribution is -2.49. The summed E-state index contributed by atoms with van der Waals surface area (Å²) in [5.74, 6) is -0.768. The third-order valence-electron chi connectivity index (χ3n) is 6.71. The number of amides is 1. The molecule has 2 aromatic carbocycles.